The van der Waals surface area contributed by atoms with Gasteiger partial charge in [-0.1, -0.05) is 10.3 Å². The normalized spacial score (nSPS) is 15.0. The summed E-state index contributed by atoms with van der Waals surface area (Å²) in [5.74, 6) is 1.81. The lowest BCUT2D eigenvalue weighted by Crippen LogP contribution is -2.23. The second kappa shape index (κ2) is 5.80. The monoisotopic (exact) mass is 366 g/mol. The molecule has 1 N–H and O–H groups in total. The van der Waals surface area contributed by atoms with E-state index in [9.17, 15) is 8.42 Å². The summed E-state index contributed by atoms with van der Waals surface area (Å²) >= 11 is 1.11. The lowest BCUT2D eigenvalue weighted by atomic mass is 10.3. The Balaban J connectivity index is 1.46. The molecule has 1 aliphatic rings. The van der Waals surface area contributed by atoms with Gasteiger partial charge >= 0.3 is 0 Å². The molecule has 3 heterocycles. The van der Waals surface area contributed by atoms with Crippen molar-refractivity contribution in [2.24, 2.45) is 0 Å². The van der Waals surface area contributed by atoms with Gasteiger partial charge in [0.15, 0.2) is 11.6 Å². The Bertz CT molecular complexity index is 968. The number of nitrogens with one attached hydrogen (secondary N) is 1. The topological polar surface area (TPSA) is 111 Å². The van der Waals surface area contributed by atoms with Crippen molar-refractivity contribution in [3.05, 3.63) is 35.6 Å². The maximum atomic E-state index is 12.4. The summed E-state index contributed by atoms with van der Waals surface area (Å²) in [6, 6.07) is 4.99. The predicted octanol–water partition coefficient (Wildman–Crippen LogP) is 2.45. The fraction of sp³-hybridized carbons (Fsp3) is 0.357. The van der Waals surface area contributed by atoms with E-state index < -0.39 is 10.0 Å². The lowest BCUT2D eigenvalue weighted by Gasteiger charge is -2.01. The highest BCUT2D eigenvalue weighted by molar-refractivity contribution is 7.91. The summed E-state index contributed by atoms with van der Waals surface area (Å²) in [6.07, 6.45) is 2.10. The lowest BCUT2D eigenvalue weighted by molar-refractivity contribution is 0.373. The highest BCUT2D eigenvalue weighted by Gasteiger charge is 2.29. The summed E-state index contributed by atoms with van der Waals surface area (Å²) in [5, 5.41) is 7.60. The molecule has 0 aliphatic heterocycles. The second-order valence-corrected chi connectivity index (χ2v) is 8.68. The molecule has 0 atom stereocenters. The first kappa shape index (κ1) is 15.5. The number of thiophene rings is 1. The van der Waals surface area contributed by atoms with Crippen LogP contribution in [0.25, 0.3) is 10.6 Å². The Morgan fingerprint density at radius 3 is 2.83 bits per heavy atom. The Labute approximate surface area is 141 Å². The number of aromatic nitrogens is 3. The first-order chi connectivity index (χ1) is 11.5. The third kappa shape index (κ3) is 3.12. The van der Waals surface area contributed by atoms with Crippen molar-refractivity contribution < 1.29 is 17.5 Å². The van der Waals surface area contributed by atoms with E-state index in [2.05, 4.69) is 20.0 Å². The number of rotatable bonds is 6. The Morgan fingerprint density at radius 1 is 1.29 bits per heavy atom. The van der Waals surface area contributed by atoms with Crippen LogP contribution in [-0.2, 0) is 16.6 Å². The molecule has 0 amide bonds. The number of sulfonamides is 1. The average molecular weight is 366 g/mol. The fourth-order valence-electron chi connectivity index (χ4n) is 2.14. The number of hydrogen-bond donors (Lipinski definition) is 1. The van der Waals surface area contributed by atoms with Gasteiger partial charge in [-0.15, -0.1) is 11.3 Å². The second-order valence-electron chi connectivity index (χ2n) is 5.60. The minimum absolute atomic E-state index is 0.00674. The maximum Gasteiger partial charge on any atom is 0.250 e. The molecule has 0 unspecified atom stereocenters. The van der Waals surface area contributed by atoms with Crippen LogP contribution in [0.2, 0.25) is 0 Å². The van der Waals surface area contributed by atoms with E-state index in [0.717, 1.165) is 29.9 Å². The number of nitrogens with zero attached hydrogens (tertiary/aromatic N) is 3. The first-order valence-corrected chi connectivity index (χ1v) is 9.67. The molecule has 1 fully saturated rings. The van der Waals surface area contributed by atoms with E-state index in [1.165, 1.54) is 6.07 Å². The third-order valence-corrected chi connectivity index (χ3v) is 6.54. The van der Waals surface area contributed by atoms with Crippen molar-refractivity contribution in [3.8, 4) is 10.6 Å². The molecule has 24 heavy (non-hydrogen) atoms. The molecule has 0 spiro atoms. The summed E-state index contributed by atoms with van der Waals surface area (Å²) in [7, 11) is -3.65. The quantitative estimate of drug-likeness (QED) is 0.713. The summed E-state index contributed by atoms with van der Waals surface area (Å²) in [4.78, 5) is 4.90. The van der Waals surface area contributed by atoms with Crippen LogP contribution in [0.15, 0.2) is 31.5 Å². The Hall–Kier alpha value is -2.04. The van der Waals surface area contributed by atoms with Crippen molar-refractivity contribution in [2.75, 3.05) is 0 Å². The zero-order chi connectivity index (χ0) is 16.7. The van der Waals surface area contributed by atoms with Gasteiger partial charge in [-0.25, -0.2) is 13.1 Å². The first-order valence-electron chi connectivity index (χ1n) is 7.37. The molecule has 10 heteroatoms. The van der Waals surface area contributed by atoms with Crippen molar-refractivity contribution in [2.45, 2.75) is 36.4 Å². The van der Waals surface area contributed by atoms with Crippen LogP contribution in [0.3, 0.4) is 0 Å². The molecule has 3 aromatic rings. The van der Waals surface area contributed by atoms with E-state index >= 15 is 0 Å². The van der Waals surface area contributed by atoms with E-state index in [1.54, 1.807) is 19.1 Å². The SMILES string of the molecule is Cc1cc(-c2ccc(S(=O)(=O)NCc3noc(C4CC4)n3)s2)on1. The summed E-state index contributed by atoms with van der Waals surface area (Å²) in [5.41, 5.74) is 0.740. The van der Waals surface area contributed by atoms with Gasteiger partial charge < -0.3 is 9.05 Å². The summed E-state index contributed by atoms with van der Waals surface area (Å²) in [6.45, 7) is 1.80. The molecule has 0 saturated heterocycles. The highest BCUT2D eigenvalue weighted by Crippen LogP contribution is 2.38. The molecule has 1 saturated carbocycles. The zero-order valence-corrected chi connectivity index (χ0v) is 14.4. The van der Waals surface area contributed by atoms with Crippen molar-refractivity contribution >= 4 is 21.4 Å². The zero-order valence-electron chi connectivity index (χ0n) is 12.7. The molecule has 4 rings (SSSR count). The largest absolute Gasteiger partial charge is 0.355 e. The molecule has 0 bridgehead atoms. The van der Waals surface area contributed by atoms with Crippen LogP contribution in [-0.4, -0.2) is 23.7 Å². The fourth-order valence-corrected chi connectivity index (χ4v) is 4.42. The van der Waals surface area contributed by atoms with Gasteiger partial charge in [-0.3, -0.25) is 0 Å². The number of hydrogen-bond acceptors (Lipinski definition) is 8. The van der Waals surface area contributed by atoms with Crippen LogP contribution >= 0.6 is 11.3 Å². The number of aryl methyl sites for hydroxylation is 1. The third-order valence-electron chi connectivity index (χ3n) is 3.55. The van der Waals surface area contributed by atoms with Gasteiger partial charge in [0.25, 0.3) is 0 Å². The van der Waals surface area contributed by atoms with Crippen LogP contribution < -0.4 is 4.72 Å². The van der Waals surface area contributed by atoms with Crippen LogP contribution in [0.4, 0.5) is 0 Å². The maximum absolute atomic E-state index is 12.4. The van der Waals surface area contributed by atoms with Crippen LogP contribution in [0, 0.1) is 6.92 Å². The van der Waals surface area contributed by atoms with Gasteiger partial charge in [-0.2, -0.15) is 4.98 Å². The molecular weight excluding hydrogens is 352 g/mol. The van der Waals surface area contributed by atoms with Crippen molar-refractivity contribution in [1.82, 2.24) is 20.0 Å². The Kier molecular flexibility index (Phi) is 3.74. The van der Waals surface area contributed by atoms with Crippen molar-refractivity contribution in [1.29, 1.82) is 0 Å². The van der Waals surface area contributed by atoms with Gasteiger partial charge in [0, 0.05) is 12.0 Å². The van der Waals surface area contributed by atoms with Gasteiger partial charge in [0.1, 0.15) is 4.21 Å². The molecule has 1 aliphatic carbocycles. The molecule has 126 valence electrons. The molecule has 0 aromatic carbocycles. The molecule has 3 aromatic heterocycles. The molecule has 0 radical (unpaired) electrons. The van der Waals surface area contributed by atoms with E-state index in [-0.39, 0.29) is 10.8 Å². The van der Waals surface area contributed by atoms with Crippen molar-refractivity contribution in [3.63, 3.8) is 0 Å². The Morgan fingerprint density at radius 2 is 2.12 bits per heavy atom. The predicted molar refractivity (Wildman–Crippen MR) is 84.9 cm³/mol. The van der Waals surface area contributed by atoms with Gasteiger partial charge in [0.05, 0.1) is 17.1 Å². The smallest absolute Gasteiger partial charge is 0.250 e. The minimum atomic E-state index is -3.65. The average Bonchev–Trinajstić information content (AvgIpc) is 2.97. The molecular formula is C14H14N4O4S2. The van der Waals surface area contributed by atoms with Gasteiger partial charge in [0.2, 0.25) is 15.9 Å². The van der Waals surface area contributed by atoms with E-state index in [0.29, 0.717) is 28.3 Å². The van der Waals surface area contributed by atoms with E-state index in [4.69, 9.17) is 9.05 Å². The minimum Gasteiger partial charge on any atom is -0.355 e. The van der Waals surface area contributed by atoms with E-state index in [1.807, 2.05) is 0 Å². The molecule has 8 nitrogen and oxygen atoms in total. The van der Waals surface area contributed by atoms with Crippen LogP contribution in [0.1, 0.15) is 36.2 Å². The summed E-state index contributed by atoms with van der Waals surface area (Å²) < 4.78 is 37.7. The standard InChI is InChI=1S/C14H14N4O4S2/c1-8-6-10(21-17-8)11-4-5-13(23-11)24(19,20)15-7-12-16-14(22-18-12)9-2-3-9/h4-6,9,15H,2-3,7H2,1H3. The van der Waals surface area contributed by atoms with Gasteiger partial charge in [-0.05, 0) is 31.9 Å². The van der Waals surface area contributed by atoms with Crippen LogP contribution in [0.5, 0.6) is 0 Å². The highest BCUT2D eigenvalue weighted by atomic mass is 32.2.